The topological polar surface area (TPSA) is 109 Å². The summed E-state index contributed by atoms with van der Waals surface area (Å²) in [6.07, 6.45) is 1.40. The highest BCUT2D eigenvalue weighted by Gasteiger charge is 2.14. The molecular weight excluding hydrogens is 392 g/mol. The van der Waals surface area contributed by atoms with Crippen LogP contribution in [0.1, 0.15) is 0 Å². The Labute approximate surface area is 178 Å². The van der Waals surface area contributed by atoms with Crippen LogP contribution >= 0.6 is 0 Å². The number of nitrogen functional groups attached to an aromatic ring is 1. The van der Waals surface area contributed by atoms with Gasteiger partial charge in [0.05, 0.1) is 30.8 Å². The second-order valence-electron chi connectivity index (χ2n) is 7.38. The molecule has 156 valence electrons. The number of nitrogens with zero attached hydrogens (tertiary/aromatic N) is 3. The molecular formula is C23H22N6O2. The van der Waals surface area contributed by atoms with Gasteiger partial charge in [-0.25, -0.2) is 9.97 Å². The van der Waals surface area contributed by atoms with Crippen molar-refractivity contribution in [2.75, 3.05) is 42.3 Å². The van der Waals surface area contributed by atoms with Gasteiger partial charge in [-0.2, -0.15) is 0 Å². The number of hydrogen-bond donors (Lipinski definition) is 3. The summed E-state index contributed by atoms with van der Waals surface area (Å²) in [7, 11) is 0. The summed E-state index contributed by atoms with van der Waals surface area (Å²) in [4.78, 5) is 26.5. The fourth-order valence-electron chi connectivity index (χ4n) is 3.74. The highest BCUT2D eigenvalue weighted by molar-refractivity contribution is 5.93. The number of H-pyrrole nitrogens is 1. The average Bonchev–Trinajstić information content (AvgIpc) is 2.80. The molecule has 1 saturated heterocycles. The van der Waals surface area contributed by atoms with Gasteiger partial charge in [0.15, 0.2) is 0 Å². The lowest BCUT2D eigenvalue weighted by molar-refractivity contribution is 0.122. The van der Waals surface area contributed by atoms with Crippen LogP contribution < -0.4 is 21.5 Å². The summed E-state index contributed by atoms with van der Waals surface area (Å²) in [6, 6.07) is 17.3. The molecule has 0 atom stereocenters. The summed E-state index contributed by atoms with van der Waals surface area (Å²) < 4.78 is 5.42. The van der Waals surface area contributed by atoms with Gasteiger partial charge in [0, 0.05) is 35.7 Å². The molecule has 0 bridgehead atoms. The van der Waals surface area contributed by atoms with E-state index < -0.39 is 0 Å². The van der Waals surface area contributed by atoms with Crippen LogP contribution in [0.5, 0.6) is 0 Å². The van der Waals surface area contributed by atoms with Crippen LogP contribution in [0.15, 0.2) is 65.7 Å². The lowest BCUT2D eigenvalue weighted by Crippen LogP contribution is -2.36. The van der Waals surface area contributed by atoms with Crippen molar-refractivity contribution in [3.05, 3.63) is 71.3 Å². The molecule has 2 aromatic carbocycles. The third-order valence-corrected chi connectivity index (χ3v) is 5.31. The van der Waals surface area contributed by atoms with Crippen molar-refractivity contribution in [2.45, 2.75) is 0 Å². The number of pyridine rings is 1. The van der Waals surface area contributed by atoms with Gasteiger partial charge in [0.2, 0.25) is 0 Å². The normalized spacial score (nSPS) is 14.0. The largest absolute Gasteiger partial charge is 0.399 e. The first-order valence-corrected chi connectivity index (χ1v) is 10.1. The summed E-state index contributed by atoms with van der Waals surface area (Å²) in [5.41, 5.74) is 10.4. The Morgan fingerprint density at radius 2 is 1.87 bits per heavy atom. The molecule has 3 heterocycles. The molecule has 0 aliphatic carbocycles. The van der Waals surface area contributed by atoms with Gasteiger partial charge < -0.3 is 25.7 Å². The number of ether oxygens (including phenoxy) is 1. The van der Waals surface area contributed by atoms with E-state index in [1.165, 1.54) is 6.33 Å². The van der Waals surface area contributed by atoms with E-state index in [1.807, 2.05) is 36.4 Å². The number of benzene rings is 2. The third-order valence-electron chi connectivity index (χ3n) is 5.31. The van der Waals surface area contributed by atoms with Gasteiger partial charge in [-0.15, -0.1) is 0 Å². The monoisotopic (exact) mass is 414 g/mol. The van der Waals surface area contributed by atoms with Crippen LogP contribution in [0.2, 0.25) is 0 Å². The van der Waals surface area contributed by atoms with Crippen molar-refractivity contribution in [2.24, 2.45) is 0 Å². The minimum atomic E-state index is -0.246. The Morgan fingerprint density at radius 1 is 1.06 bits per heavy atom. The number of nitrogens with two attached hydrogens (primary N) is 1. The van der Waals surface area contributed by atoms with Gasteiger partial charge >= 0.3 is 0 Å². The first kappa shape index (κ1) is 19.1. The molecule has 0 amide bonds. The minimum Gasteiger partial charge on any atom is -0.399 e. The van der Waals surface area contributed by atoms with Crippen molar-refractivity contribution in [3.8, 4) is 11.3 Å². The minimum absolute atomic E-state index is 0.246. The van der Waals surface area contributed by atoms with Crippen molar-refractivity contribution in [3.63, 3.8) is 0 Å². The van der Waals surface area contributed by atoms with Gasteiger partial charge in [-0.3, -0.25) is 4.79 Å². The number of aromatic amines is 1. The van der Waals surface area contributed by atoms with Gasteiger partial charge in [-0.05, 0) is 42.5 Å². The smallest absolute Gasteiger partial charge is 0.262 e. The van der Waals surface area contributed by atoms with Crippen LogP contribution in [-0.2, 0) is 4.74 Å². The highest BCUT2D eigenvalue weighted by Crippen LogP contribution is 2.28. The summed E-state index contributed by atoms with van der Waals surface area (Å²) in [5.74, 6) is 0.448. The number of nitrogens with one attached hydrogen (secondary N) is 2. The van der Waals surface area contributed by atoms with Crippen molar-refractivity contribution < 1.29 is 4.74 Å². The van der Waals surface area contributed by atoms with Crippen LogP contribution in [-0.4, -0.2) is 41.3 Å². The molecule has 0 spiro atoms. The van der Waals surface area contributed by atoms with E-state index in [0.717, 1.165) is 43.2 Å². The number of anilines is 4. The number of rotatable bonds is 4. The zero-order valence-electron chi connectivity index (χ0n) is 16.8. The molecule has 0 unspecified atom stereocenters. The van der Waals surface area contributed by atoms with Crippen LogP contribution in [0.3, 0.4) is 0 Å². The lowest BCUT2D eigenvalue weighted by Gasteiger charge is -2.28. The fourth-order valence-corrected chi connectivity index (χ4v) is 3.74. The molecule has 4 N–H and O–H groups in total. The molecule has 8 heteroatoms. The molecule has 5 rings (SSSR count). The average molecular weight is 414 g/mol. The zero-order chi connectivity index (χ0) is 21.2. The van der Waals surface area contributed by atoms with E-state index in [9.17, 15) is 4.79 Å². The number of hydrogen-bond acceptors (Lipinski definition) is 7. The molecule has 0 radical (unpaired) electrons. The van der Waals surface area contributed by atoms with Crippen LogP contribution in [0, 0.1) is 0 Å². The van der Waals surface area contributed by atoms with E-state index in [4.69, 9.17) is 15.5 Å². The third kappa shape index (κ3) is 3.93. The maximum atomic E-state index is 12.5. The lowest BCUT2D eigenvalue weighted by atomic mass is 10.1. The number of fused-ring (bicyclic) bond motifs is 1. The van der Waals surface area contributed by atoms with Crippen LogP contribution in [0.25, 0.3) is 22.2 Å². The predicted molar refractivity (Wildman–Crippen MR) is 123 cm³/mol. The van der Waals surface area contributed by atoms with Gasteiger partial charge in [0.25, 0.3) is 5.56 Å². The van der Waals surface area contributed by atoms with Crippen molar-refractivity contribution >= 4 is 33.8 Å². The first-order chi connectivity index (χ1) is 15.2. The Hall–Kier alpha value is -3.91. The summed E-state index contributed by atoms with van der Waals surface area (Å²) >= 11 is 0. The SMILES string of the molecule is Nc1cccc(-c2cc3nc[nH]c(=O)c3c(Nc3ccc(N4CCOCC4)cc3)n2)c1. The first-order valence-electron chi connectivity index (χ1n) is 10.1. The quantitative estimate of drug-likeness (QED) is 0.440. The van der Waals surface area contributed by atoms with E-state index in [2.05, 4.69) is 32.3 Å². The molecule has 2 aromatic heterocycles. The van der Waals surface area contributed by atoms with E-state index in [-0.39, 0.29) is 5.56 Å². The van der Waals surface area contributed by atoms with Crippen LogP contribution in [0.4, 0.5) is 22.9 Å². The highest BCUT2D eigenvalue weighted by atomic mass is 16.5. The molecule has 1 fully saturated rings. The second-order valence-corrected chi connectivity index (χ2v) is 7.38. The zero-order valence-corrected chi connectivity index (χ0v) is 16.8. The van der Waals surface area contributed by atoms with Gasteiger partial charge in [0.1, 0.15) is 11.2 Å². The second kappa shape index (κ2) is 8.08. The van der Waals surface area contributed by atoms with E-state index in [1.54, 1.807) is 6.07 Å². The fraction of sp³-hybridized carbons (Fsp3) is 0.174. The van der Waals surface area contributed by atoms with E-state index >= 15 is 0 Å². The Kier molecular flexibility index (Phi) is 4.97. The number of morpholine rings is 1. The Morgan fingerprint density at radius 3 is 2.65 bits per heavy atom. The molecule has 31 heavy (non-hydrogen) atoms. The molecule has 1 aliphatic heterocycles. The van der Waals surface area contributed by atoms with E-state index in [0.29, 0.717) is 28.1 Å². The maximum Gasteiger partial charge on any atom is 0.262 e. The predicted octanol–water partition coefficient (Wildman–Crippen LogP) is 3.15. The summed E-state index contributed by atoms with van der Waals surface area (Å²) in [5, 5.41) is 3.71. The molecule has 0 saturated carbocycles. The molecule has 4 aromatic rings. The molecule has 1 aliphatic rings. The Balaban J connectivity index is 1.53. The summed E-state index contributed by atoms with van der Waals surface area (Å²) in [6.45, 7) is 3.23. The van der Waals surface area contributed by atoms with Crippen molar-refractivity contribution in [1.29, 1.82) is 0 Å². The van der Waals surface area contributed by atoms with Gasteiger partial charge in [-0.1, -0.05) is 12.1 Å². The maximum absolute atomic E-state index is 12.5. The molecule has 8 nitrogen and oxygen atoms in total. The van der Waals surface area contributed by atoms with Crippen molar-refractivity contribution in [1.82, 2.24) is 15.0 Å². The Bertz CT molecular complexity index is 1280. The standard InChI is InChI=1S/C23H22N6O2/c24-16-3-1-2-15(12-16)19-13-20-21(23(30)26-14-25-20)22(28-19)27-17-4-6-18(7-5-17)29-8-10-31-11-9-29/h1-7,12-14H,8-11,24H2,(H,27,28)(H,25,26,30). The number of aromatic nitrogens is 3.